The van der Waals surface area contributed by atoms with Crippen LogP contribution in [0.1, 0.15) is 12.5 Å². The van der Waals surface area contributed by atoms with Crippen molar-refractivity contribution in [3.63, 3.8) is 0 Å². The number of fused-ring (bicyclic) bond motifs is 1. The Morgan fingerprint density at radius 2 is 2.06 bits per heavy atom. The summed E-state index contributed by atoms with van der Waals surface area (Å²) in [4.78, 5) is 26.7. The SMILES string of the molecule is CCS(=O)(=O)c1ccc2oc(SCC(=O)Nc3ccc([N+](=O)[O-])cc3C#N)nc2c1.Cl. The van der Waals surface area contributed by atoms with Gasteiger partial charge in [0, 0.05) is 12.1 Å². The standard InChI is InChI=1S/C18H14N4O6S2.ClH/c1-2-30(26,27)13-4-6-16-15(8-13)21-18(28-16)29-10-17(23)20-14-5-3-12(22(24)25)7-11(14)9-19;/h3-8H,2,10H2,1H3,(H,20,23);1H. The molecule has 0 saturated heterocycles. The highest BCUT2D eigenvalue weighted by atomic mass is 35.5. The molecule has 162 valence electrons. The number of benzene rings is 2. The van der Waals surface area contributed by atoms with Crippen molar-refractivity contribution in [1.82, 2.24) is 4.98 Å². The molecular weight excluding hydrogens is 468 g/mol. The van der Waals surface area contributed by atoms with Gasteiger partial charge in [-0.3, -0.25) is 14.9 Å². The van der Waals surface area contributed by atoms with Gasteiger partial charge < -0.3 is 9.73 Å². The first-order chi connectivity index (χ1) is 14.2. The maximum atomic E-state index is 12.2. The predicted molar refractivity (Wildman–Crippen MR) is 116 cm³/mol. The highest BCUT2D eigenvalue weighted by Crippen LogP contribution is 2.26. The van der Waals surface area contributed by atoms with Crippen LogP contribution in [0.15, 0.2) is 50.9 Å². The van der Waals surface area contributed by atoms with Gasteiger partial charge in [0.1, 0.15) is 11.6 Å². The number of carbonyl (C=O) groups is 1. The van der Waals surface area contributed by atoms with Gasteiger partial charge in [-0.15, -0.1) is 12.4 Å². The number of carbonyl (C=O) groups excluding carboxylic acids is 1. The number of hydrogen-bond donors (Lipinski definition) is 1. The third-order valence-electron chi connectivity index (χ3n) is 4.01. The number of nitro groups is 1. The zero-order valence-electron chi connectivity index (χ0n) is 15.9. The molecule has 13 heteroatoms. The van der Waals surface area contributed by atoms with Crippen LogP contribution in [0.2, 0.25) is 0 Å². The molecule has 2 aromatic carbocycles. The van der Waals surface area contributed by atoms with E-state index in [9.17, 15) is 23.3 Å². The second kappa shape index (κ2) is 9.78. The number of hydrogen-bond acceptors (Lipinski definition) is 9. The number of oxazole rings is 1. The predicted octanol–water partition coefficient (Wildman–Crippen LogP) is 3.55. The Bertz CT molecular complexity index is 1300. The van der Waals surface area contributed by atoms with Gasteiger partial charge in [0.25, 0.3) is 10.9 Å². The number of rotatable bonds is 7. The molecule has 1 N–H and O–H groups in total. The van der Waals surface area contributed by atoms with Gasteiger partial charge in [-0.1, -0.05) is 18.7 Å². The molecule has 0 saturated carbocycles. The van der Waals surface area contributed by atoms with Gasteiger partial charge in [-0.05, 0) is 24.3 Å². The average molecular weight is 483 g/mol. The molecule has 1 heterocycles. The summed E-state index contributed by atoms with van der Waals surface area (Å²) in [5, 5.41) is 22.6. The van der Waals surface area contributed by atoms with Crippen LogP contribution >= 0.6 is 24.2 Å². The van der Waals surface area contributed by atoms with E-state index in [2.05, 4.69) is 10.3 Å². The van der Waals surface area contributed by atoms with Gasteiger partial charge >= 0.3 is 0 Å². The van der Waals surface area contributed by atoms with Crippen LogP contribution in [0.3, 0.4) is 0 Å². The molecule has 0 atom stereocenters. The van der Waals surface area contributed by atoms with E-state index < -0.39 is 20.7 Å². The molecule has 0 bridgehead atoms. The first-order valence-corrected chi connectivity index (χ1v) is 11.1. The molecule has 10 nitrogen and oxygen atoms in total. The molecule has 3 aromatic rings. The first-order valence-electron chi connectivity index (χ1n) is 8.48. The Morgan fingerprint density at radius 1 is 1.32 bits per heavy atom. The lowest BCUT2D eigenvalue weighted by atomic mass is 10.1. The van der Waals surface area contributed by atoms with Gasteiger partial charge in [-0.25, -0.2) is 13.4 Å². The lowest BCUT2D eigenvalue weighted by molar-refractivity contribution is -0.384. The van der Waals surface area contributed by atoms with Crippen LogP contribution in [0.5, 0.6) is 0 Å². The Hall–Kier alpha value is -3.14. The van der Waals surface area contributed by atoms with Crippen molar-refractivity contribution in [2.75, 3.05) is 16.8 Å². The number of amides is 1. The Labute approximate surface area is 187 Å². The number of sulfone groups is 1. The topological polar surface area (TPSA) is 156 Å². The van der Waals surface area contributed by atoms with Crippen LogP contribution in [0.25, 0.3) is 11.1 Å². The molecule has 1 amide bonds. The summed E-state index contributed by atoms with van der Waals surface area (Å²) >= 11 is 0.984. The van der Waals surface area contributed by atoms with E-state index in [4.69, 9.17) is 9.68 Å². The molecule has 0 spiro atoms. The Balaban J connectivity index is 0.00000341. The van der Waals surface area contributed by atoms with E-state index >= 15 is 0 Å². The van der Waals surface area contributed by atoms with Crippen LogP contribution in [0.4, 0.5) is 11.4 Å². The second-order valence-corrected chi connectivity index (χ2v) is 9.15. The highest BCUT2D eigenvalue weighted by molar-refractivity contribution is 7.99. The summed E-state index contributed by atoms with van der Waals surface area (Å²) in [6.45, 7) is 1.55. The lowest BCUT2D eigenvalue weighted by Crippen LogP contribution is -2.15. The Morgan fingerprint density at radius 3 is 2.71 bits per heavy atom. The van der Waals surface area contributed by atoms with Crippen molar-refractivity contribution in [2.45, 2.75) is 17.0 Å². The van der Waals surface area contributed by atoms with Gasteiger partial charge in [0.2, 0.25) is 5.91 Å². The molecule has 0 aliphatic rings. The third kappa shape index (κ3) is 5.52. The number of nitriles is 1. The van der Waals surface area contributed by atoms with Crippen molar-refractivity contribution < 1.29 is 22.6 Å². The number of nitrogens with one attached hydrogen (secondary N) is 1. The summed E-state index contributed by atoms with van der Waals surface area (Å²) in [5.41, 5.74) is 0.606. The quantitative estimate of drug-likeness (QED) is 0.302. The minimum atomic E-state index is -3.38. The molecule has 0 unspecified atom stereocenters. The molecule has 1 aromatic heterocycles. The molecule has 0 fully saturated rings. The van der Waals surface area contributed by atoms with Crippen LogP contribution < -0.4 is 5.32 Å². The van der Waals surface area contributed by atoms with Crippen molar-refractivity contribution >= 4 is 62.4 Å². The molecule has 3 rings (SSSR count). The zero-order chi connectivity index (χ0) is 21.9. The average Bonchev–Trinajstić information content (AvgIpc) is 3.14. The maximum Gasteiger partial charge on any atom is 0.270 e. The van der Waals surface area contributed by atoms with Gasteiger partial charge in [0.05, 0.1) is 32.6 Å². The van der Waals surface area contributed by atoms with E-state index in [1.54, 1.807) is 13.0 Å². The summed E-state index contributed by atoms with van der Waals surface area (Å²) in [6, 6.07) is 9.71. The van der Waals surface area contributed by atoms with E-state index in [1.165, 1.54) is 30.3 Å². The fourth-order valence-corrected chi connectivity index (χ4v) is 4.01. The van der Waals surface area contributed by atoms with Crippen LogP contribution in [-0.4, -0.2) is 35.7 Å². The highest BCUT2D eigenvalue weighted by Gasteiger charge is 2.16. The number of non-ortho nitro benzene ring substituents is 1. The van der Waals surface area contributed by atoms with Crippen molar-refractivity contribution in [1.29, 1.82) is 5.26 Å². The monoisotopic (exact) mass is 482 g/mol. The van der Waals surface area contributed by atoms with Crippen molar-refractivity contribution in [2.24, 2.45) is 0 Å². The van der Waals surface area contributed by atoms with Gasteiger partial charge in [0.15, 0.2) is 15.4 Å². The largest absolute Gasteiger partial charge is 0.431 e. The Kier molecular flexibility index (Phi) is 7.61. The number of aromatic nitrogens is 1. The molecule has 0 aliphatic carbocycles. The lowest BCUT2D eigenvalue weighted by Gasteiger charge is -2.05. The number of nitrogens with zero attached hydrogens (tertiary/aromatic N) is 3. The molecular formula is C18H15ClN4O6S2. The first kappa shape index (κ1) is 24.1. The fraction of sp³-hybridized carbons (Fsp3) is 0.167. The minimum Gasteiger partial charge on any atom is -0.431 e. The number of anilines is 1. The smallest absolute Gasteiger partial charge is 0.270 e. The summed E-state index contributed by atoms with van der Waals surface area (Å²) in [7, 11) is -3.38. The number of thioether (sulfide) groups is 1. The van der Waals surface area contributed by atoms with E-state index in [1.807, 2.05) is 0 Å². The number of halogens is 1. The summed E-state index contributed by atoms with van der Waals surface area (Å²) < 4.78 is 29.5. The maximum absolute atomic E-state index is 12.2. The third-order valence-corrected chi connectivity index (χ3v) is 6.57. The summed E-state index contributed by atoms with van der Waals surface area (Å²) in [5.74, 6) is -0.609. The van der Waals surface area contributed by atoms with Gasteiger partial charge in [-0.2, -0.15) is 5.26 Å². The van der Waals surface area contributed by atoms with E-state index in [0.717, 1.165) is 17.8 Å². The molecule has 31 heavy (non-hydrogen) atoms. The number of nitro benzene ring substituents is 1. The zero-order valence-corrected chi connectivity index (χ0v) is 18.3. The van der Waals surface area contributed by atoms with Crippen LogP contribution in [0, 0.1) is 21.4 Å². The fourth-order valence-electron chi connectivity index (χ4n) is 2.47. The van der Waals surface area contributed by atoms with Crippen LogP contribution in [-0.2, 0) is 14.6 Å². The summed E-state index contributed by atoms with van der Waals surface area (Å²) in [6.07, 6.45) is 0. The minimum absolute atomic E-state index is 0. The van der Waals surface area contributed by atoms with Crippen molar-refractivity contribution in [3.8, 4) is 6.07 Å². The molecule has 0 radical (unpaired) electrons. The van der Waals surface area contributed by atoms with Crippen molar-refractivity contribution in [3.05, 3.63) is 52.1 Å². The van der Waals surface area contributed by atoms with E-state index in [-0.39, 0.29) is 51.0 Å². The van der Waals surface area contributed by atoms with E-state index in [0.29, 0.717) is 11.1 Å². The second-order valence-electron chi connectivity index (χ2n) is 5.95. The molecule has 0 aliphatic heterocycles. The normalized spacial score (nSPS) is 10.8.